The summed E-state index contributed by atoms with van der Waals surface area (Å²) < 4.78 is 0. The standard InChI is InChI=1S/C19H26N4O3/c1-13-9-14(2)11-22(10-13)12-16(24)21-23-17(25)19(3,20-18(23)26)15-7-5-4-6-8-15/h4-8,13-14H,9-12H2,1-3H3,(H,20,26)(H,21,24)/t13-,14+,19-/m1/s1. The molecule has 3 atom stereocenters. The van der Waals surface area contributed by atoms with Crippen molar-refractivity contribution in [1.82, 2.24) is 20.7 Å². The van der Waals surface area contributed by atoms with Crippen LogP contribution in [-0.4, -0.2) is 47.4 Å². The molecule has 0 aliphatic carbocycles. The maximum absolute atomic E-state index is 12.8. The van der Waals surface area contributed by atoms with Gasteiger partial charge in [-0.3, -0.25) is 19.9 Å². The first-order chi connectivity index (χ1) is 12.3. The Morgan fingerprint density at radius 3 is 2.42 bits per heavy atom. The molecule has 3 rings (SSSR count). The molecular weight excluding hydrogens is 332 g/mol. The summed E-state index contributed by atoms with van der Waals surface area (Å²) in [4.78, 5) is 39.5. The van der Waals surface area contributed by atoms with Gasteiger partial charge < -0.3 is 5.32 Å². The monoisotopic (exact) mass is 358 g/mol. The maximum Gasteiger partial charge on any atom is 0.344 e. The Bertz CT molecular complexity index is 698. The van der Waals surface area contributed by atoms with Gasteiger partial charge in [0.1, 0.15) is 5.54 Å². The number of carbonyl (C=O) groups is 3. The first-order valence-corrected chi connectivity index (χ1v) is 9.03. The first-order valence-electron chi connectivity index (χ1n) is 9.03. The van der Waals surface area contributed by atoms with E-state index in [0.717, 1.165) is 24.5 Å². The topological polar surface area (TPSA) is 81.8 Å². The zero-order chi connectivity index (χ0) is 18.9. The van der Waals surface area contributed by atoms with E-state index in [0.29, 0.717) is 17.4 Å². The third-order valence-electron chi connectivity index (χ3n) is 5.09. The third-order valence-corrected chi connectivity index (χ3v) is 5.09. The predicted molar refractivity (Wildman–Crippen MR) is 96.7 cm³/mol. The Hall–Kier alpha value is -2.41. The molecule has 2 saturated heterocycles. The number of urea groups is 1. The molecule has 2 N–H and O–H groups in total. The van der Waals surface area contributed by atoms with E-state index >= 15 is 0 Å². The number of benzene rings is 1. The number of carbonyl (C=O) groups excluding carboxylic acids is 3. The Kier molecular flexibility index (Phi) is 5.00. The van der Waals surface area contributed by atoms with Crippen LogP contribution in [0.2, 0.25) is 0 Å². The number of hydrogen-bond donors (Lipinski definition) is 2. The highest BCUT2D eigenvalue weighted by Gasteiger charge is 2.50. The van der Waals surface area contributed by atoms with E-state index in [1.54, 1.807) is 31.2 Å². The highest BCUT2D eigenvalue weighted by molar-refractivity contribution is 6.08. The Balaban J connectivity index is 1.65. The number of rotatable bonds is 4. The Morgan fingerprint density at radius 2 is 1.81 bits per heavy atom. The second-order valence-electron chi connectivity index (χ2n) is 7.74. The van der Waals surface area contributed by atoms with Crippen molar-refractivity contribution in [3.8, 4) is 0 Å². The Morgan fingerprint density at radius 1 is 1.19 bits per heavy atom. The second kappa shape index (κ2) is 7.07. The molecule has 1 aromatic rings. The van der Waals surface area contributed by atoms with Gasteiger partial charge in [-0.15, -0.1) is 0 Å². The van der Waals surface area contributed by atoms with Crippen molar-refractivity contribution in [2.45, 2.75) is 32.7 Å². The largest absolute Gasteiger partial charge is 0.344 e. The van der Waals surface area contributed by atoms with Gasteiger partial charge in [0, 0.05) is 13.1 Å². The number of amides is 4. The Labute approximate surface area is 153 Å². The van der Waals surface area contributed by atoms with E-state index in [9.17, 15) is 14.4 Å². The van der Waals surface area contributed by atoms with Crippen LogP contribution in [0.1, 0.15) is 32.8 Å². The number of piperidine rings is 1. The molecule has 2 fully saturated rings. The molecule has 0 saturated carbocycles. The number of imide groups is 1. The molecule has 0 radical (unpaired) electrons. The van der Waals surface area contributed by atoms with Crippen molar-refractivity contribution in [2.75, 3.05) is 19.6 Å². The van der Waals surface area contributed by atoms with Crippen LogP contribution in [0.5, 0.6) is 0 Å². The minimum atomic E-state index is -1.18. The lowest BCUT2D eigenvalue weighted by molar-refractivity contribution is -0.139. The van der Waals surface area contributed by atoms with Crippen LogP contribution in [-0.2, 0) is 15.1 Å². The van der Waals surface area contributed by atoms with Gasteiger partial charge in [0.15, 0.2) is 0 Å². The smallest absolute Gasteiger partial charge is 0.318 e. The van der Waals surface area contributed by atoms with E-state index < -0.39 is 17.5 Å². The normalized spacial score (nSPS) is 29.6. The van der Waals surface area contributed by atoms with Gasteiger partial charge in [0.2, 0.25) is 0 Å². The van der Waals surface area contributed by atoms with Crippen LogP contribution in [0.25, 0.3) is 0 Å². The van der Waals surface area contributed by atoms with Gasteiger partial charge in [-0.05, 0) is 30.7 Å². The molecule has 4 amide bonds. The van der Waals surface area contributed by atoms with E-state index in [4.69, 9.17) is 0 Å². The summed E-state index contributed by atoms with van der Waals surface area (Å²) >= 11 is 0. The number of hydrazine groups is 1. The summed E-state index contributed by atoms with van der Waals surface area (Å²) in [6.07, 6.45) is 1.15. The van der Waals surface area contributed by atoms with Crippen LogP contribution in [0, 0.1) is 11.8 Å². The zero-order valence-electron chi connectivity index (χ0n) is 15.5. The van der Waals surface area contributed by atoms with Crippen LogP contribution in [0.15, 0.2) is 30.3 Å². The fraction of sp³-hybridized carbons (Fsp3) is 0.526. The molecule has 7 nitrogen and oxygen atoms in total. The summed E-state index contributed by atoms with van der Waals surface area (Å²) in [6.45, 7) is 7.85. The minimum Gasteiger partial charge on any atom is -0.318 e. The van der Waals surface area contributed by atoms with Crippen molar-refractivity contribution in [3.63, 3.8) is 0 Å². The average Bonchev–Trinajstić information content (AvgIpc) is 2.79. The predicted octanol–water partition coefficient (Wildman–Crippen LogP) is 1.46. The number of likely N-dealkylation sites (tertiary alicyclic amines) is 1. The summed E-state index contributed by atoms with van der Waals surface area (Å²) in [7, 11) is 0. The summed E-state index contributed by atoms with van der Waals surface area (Å²) in [5.74, 6) is 0.226. The zero-order valence-corrected chi connectivity index (χ0v) is 15.5. The van der Waals surface area contributed by atoms with Crippen molar-refractivity contribution in [3.05, 3.63) is 35.9 Å². The molecule has 1 aromatic carbocycles. The molecule has 2 aliphatic heterocycles. The lowest BCUT2D eigenvalue weighted by atomic mass is 9.92. The molecule has 2 heterocycles. The van der Waals surface area contributed by atoms with Crippen molar-refractivity contribution >= 4 is 17.8 Å². The maximum atomic E-state index is 12.8. The first kappa shape index (κ1) is 18.4. The van der Waals surface area contributed by atoms with Gasteiger partial charge in [-0.25, -0.2) is 4.79 Å². The van der Waals surface area contributed by atoms with Crippen molar-refractivity contribution < 1.29 is 14.4 Å². The molecule has 0 aromatic heterocycles. The molecule has 0 spiro atoms. The molecule has 0 bridgehead atoms. The van der Waals surface area contributed by atoms with Gasteiger partial charge in [0.25, 0.3) is 11.8 Å². The van der Waals surface area contributed by atoms with Crippen molar-refractivity contribution in [2.24, 2.45) is 11.8 Å². The minimum absolute atomic E-state index is 0.174. The number of nitrogens with zero attached hydrogens (tertiary/aromatic N) is 2. The van der Waals surface area contributed by atoms with Crippen LogP contribution >= 0.6 is 0 Å². The van der Waals surface area contributed by atoms with Crippen LogP contribution in [0.3, 0.4) is 0 Å². The van der Waals surface area contributed by atoms with E-state index in [1.165, 1.54) is 0 Å². The molecule has 26 heavy (non-hydrogen) atoms. The molecule has 7 heteroatoms. The van der Waals surface area contributed by atoms with Gasteiger partial charge in [-0.2, -0.15) is 5.01 Å². The van der Waals surface area contributed by atoms with E-state index in [-0.39, 0.29) is 12.5 Å². The molecule has 0 unspecified atom stereocenters. The SMILES string of the molecule is C[C@@H]1C[C@H](C)CN(CC(=O)NN2C(=O)N[C@](C)(c3ccccc3)C2=O)C1. The highest BCUT2D eigenvalue weighted by Crippen LogP contribution is 2.27. The van der Waals surface area contributed by atoms with Gasteiger partial charge in [0.05, 0.1) is 6.54 Å². The molecular formula is C19H26N4O3. The molecule has 140 valence electrons. The number of nitrogens with one attached hydrogen (secondary N) is 2. The molecule has 2 aliphatic rings. The lowest BCUT2D eigenvalue weighted by Crippen LogP contribution is -2.52. The quantitative estimate of drug-likeness (QED) is 0.799. The summed E-state index contributed by atoms with van der Waals surface area (Å²) in [5.41, 5.74) is 1.97. The lowest BCUT2D eigenvalue weighted by Gasteiger charge is -2.34. The second-order valence-corrected chi connectivity index (χ2v) is 7.74. The number of hydrogen-bond acceptors (Lipinski definition) is 4. The fourth-order valence-corrected chi connectivity index (χ4v) is 3.99. The highest BCUT2D eigenvalue weighted by atomic mass is 16.2. The van der Waals surface area contributed by atoms with E-state index in [2.05, 4.69) is 29.5 Å². The average molecular weight is 358 g/mol. The van der Waals surface area contributed by atoms with Gasteiger partial charge >= 0.3 is 6.03 Å². The van der Waals surface area contributed by atoms with Crippen molar-refractivity contribution in [1.29, 1.82) is 0 Å². The summed E-state index contributed by atoms with van der Waals surface area (Å²) in [5, 5.41) is 3.48. The van der Waals surface area contributed by atoms with E-state index in [1.807, 2.05) is 6.07 Å². The van der Waals surface area contributed by atoms with Crippen LogP contribution in [0.4, 0.5) is 4.79 Å². The summed E-state index contributed by atoms with van der Waals surface area (Å²) in [6, 6.07) is 8.39. The van der Waals surface area contributed by atoms with Crippen LogP contribution < -0.4 is 10.7 Å². The van der Waals surface area contributed by atoms with Gasteiger partial charge in [-0.1, -0.05) is 44.2 Å². The fourth-order valence-electron chi connectivity index (χ4n) is 3.99. The third kappa shape index (κ3) is 3.58.